The molecule has 0 radical (unpaired) electrons. The molecule has 0 spiro atoms. The second kappa shape index (κ2) is 11.9. The summed E-state index contributed by atoms with van der Waals surface area (Å²) in [5.41, 5.74) is 2.62. The van der Waals surface area contributed by atoms with Crippen LogP contribution >= 0.6 is 0 Å². The number of rotatable bonds is 11. The number of methoxy groups -OCH3 is 2. The van der Waals surface area contributed by atoms with Crippen LogP contribution in [0.1, 0.15) is 54.1 Å². The zero-order chi connectivity index (χ0) is 27.2. The fraction of sp³-hybridized carbons (Fsp3) is 0.379. The molecule has 1 amide bonds. The topological polar surface area (TPSA) is 111 Å². The predicted octanol–water partition coefficient (Wildman–Crippen LogP) is 4.01. The number of nitrogens with one attached hydrogen (secondary N) is 2. The largest absolute Gasteiger partial charge is 0.493 e. The Hall–Kier alpha value is -4.14. The minimum absolute atomic E-state index is 0.0221. The van der Waals surface area contributed by atoms with Gasteiger partial charge in [-0.15, -0.1) is 0 Å². The molecule has 0 atom stereocenters. The van der Waals surface area contributed by atoms with E-state index in [4.69, 9.17) is 19.9 Å². The highest BCUT2D eigenvalue weighted by Crippen LogP contribution is 2.28. The second-order valence-electron chi connectivity index (χ2n) is 9.35. The summed E-state index contributed by atoms with van der Waals surface area (Å²) in [6.07, 6.45) is 6.33. The third-order valence-corrected chi connectivity index (χ3v) is 6.77. The maximum absolute atomic E-state index is 13.5. The molecule has 0 bridgehead atoms. The molecule has 0 aliphatic heterocycles. The van der Waals surface area contributed by atoms with Gasteiger partial charge in [0.15, 0.2) is 11.5 Å². The molecule has 0 saturated heterocycles. The summed E-state index contributed by atoms with van der Waals surface area (Å²) in [6, 6.07) is 10.9. The molecule has 3 heterocycles. The highest BCUT2D eigenvalue weighted by Gasteiger charge is 2.18. The van der Waals surface area contributed by atoms with Crippen LogP contribution in [-0.2, 0) is 13.0 Å². The monoisotopic (exact) mass is 517 g/mol. The summed E-state index contributed by atoms with van der Waals surface area (Å²) < 4.78 is 13.9. The van der Waals surface area contributed by atoms with Gasteiger partial charge in [0.1, 0.15) is 16.8 Å². The van der Waals surface area contributed by atoms with Crippen molar-refractivity contribution in [2.45, 2.75) is 52.5 Å². The van der Waals surface area contributed by atoms with Gasteiger partial charge in [0, 0.05) is 19.3 Å². The van der Waals surface area contributed by atoms with E-state index in [1.807, 2.05) is 31.2 Å². The van der Waals surface area contributed by atoms with Gasteiger partial charge < -0.3 is 19.4 Å². The second-order valence-corrected chi connectivity index (χ2v) is 9.35. The van der Waals surface area contributed by atoms with Crippen LogP contribution in [0.25, 0.3) is 16.7 Å². The number of pyridine rings is 2. The average Bonchev–Trinajstić information content (AvgIpc) is 2.92. The van der Waals surface area contributed by atoms with Crippen LogP contribution in [0, 0.1) is 12.3 Å². The number of hydrogen-bond donors (Lipinski definition) is 2. The fourth-order valence-corrected chi connectivity index (χ4v) is 4.61. The van der Waals surface area contributed by atoms with Crippen LogP contribution in [0.4, 0.5) is 0 Å². The average molecular weight is 518 g/mol. The van der Waals surface area contributed by atoms with E-state index in [0.29, 0.717) is 47.7 Å². The zero-order valence-corrected chi connectivity index (χ0v) is 22.5. The number of hydrogen-bond acceptors (Lipinski definition) is 6. The summed E-state index contributed by atoms with van der Waals surface area (Å²) in [7, 11) is 3.17. The Morgan fingerprint density at radius 1 is 1.05 bits per heavy atom. The number of fused-ring (bicyclic) bond motifs is 2. The standard InChI is InChI=1S/C29H35N5O4/c1-5-6-7-8-14-31-28(35)21-18-22-27(32-26-19(2)10-9-15-34(26)29(22)36)33(25(21)30)16-13-20-11-12-23(37-3)24(17-20)38-4/h9-12,15,17-18,30H,5-8,13-14,16H2,1-4H3,(H,31,35). The lowest BCUT2D eigenvalue weighted by molar-refractivity contribution is 0.0950. The highest BCUT2D eigenvalue weighted by atomic mass is 16.5. The van der Waals surface area contributed by atoms with Crippen molar-refractivity contribution in [1.82, 2.24) is 19.3 Å². The molecule has 4 aromatic rings. The first-order valence-electron chi connectivity index (χ1n) is 13.0. The van der Waals surface area contributed by atoms with E-state index in [0.717, 1.165) is 36.8 Å². The molecule has 2 N–H and O–H groups in total. The number of aromatic nitrogens is 3. The molecule has 0 aliphatic carbocycles. The molecule has 0 aliphatic rings. The molecule has 200 valence electrons. The van der Waals surface area contributed by atoms with E-state index in [-0.39, 0.29) is 22.5 Å². The summed E-state index contributed by atoms with van der Waals surface area (Å²) >= 11 is 0. The number of ether oxygens (including phenoxy) is 2. The Balaban J connectivity index is 1.79. The first-order chi connectivity index (χ1) is 18.4. The van der Waals surface area contributed by atoms with Gasteiger partial charge in [0.25, 0.3) is 11.5 Å². The van der Waals surface area contributed by atoms with Crippen molar-refractivity contribution in [3.05, 3.63) is 75.1 Å². The Bertz CT molecular complexity index is 1590. The van der Waals surface area contributed by atoms with Crippen molar-refractivity contribution >= 4 is 22.6 Å². The van der Waals surface area contributed by atoms with Gasteiger partial charge in [0.05, 0.1) is 25.2 Å². The van der Waals surface area contributed by atoms with Crippen molar-refractivity contribution in [2.24, 2.45) is 0 Å². The van der Waals surface area contributed by atoms with E-state index in [2.05, 4.69) is 12.2 Å². The lowest BCUT2D eigenvalue weighted by atomic mass is 10.1. The van der Waals surface area contributed by atoms with Crippen LogP contribution in [0.3, 0.4) is 0 Å². The number of unbranched alkanes of at least 4 members (excludes halogenated alkanes) is 3. The molecule has 0 fully saturated rings. The predicted molar refractivity (Wildman–Crippen MR) is 147 cm³/mol. The molecule has 1 aromatic carbocycles. The molecule has 9 heteroatoms. The van der Waals surface area contributed by atoms with Gasteiger partial charge in [-0.25, -0.2) is 4.98 Å². The molecule has 38 heavy (non-hydrogen) atoms. The van der Waals surface area contributed by atoms with Crippen molar-refractivity contribution in [3.8, 4) is 11.5 Å². The van der Waals surface area contributed by atoms with Gasteiger partial charge in [-0.1, -0.05) is 38.3 Å². The molecule has 0 saturated carbocycles. The van der Waals surface area contributed by atoms with Crippen molar-refractivity contribution < 1.29 is 14.3 Å². The Labute approximate surface area is 221 Å². The number of amides is 1. The fourth-order valence-electron chi connectivity index (χ4n) is 4.61. The smallest absolute Gasteiger partial charge is 0.267 e. The molecule has 4 rings (SSSR count). The number of carbonyl (C=O) groups is 1. The normalized spacial score (nSPS) is 11.2. The first kappa shape index (κ1) is 26.9. The summed E-state index contributed by atoms with van der Waals surface area (Å²) in [6.45, 7) is 4.90. The minimum atomic E-state index is -0.359. The number of aryl methyl sites for hydroxylation is 3. The highest BCUT2D eigenvalue weighted by molar-refractivity contribution is 5.96. The first-order valence-corrected chi connectivity index (χ1v) is 13.0. The molecule has 0 unspecified atom stereocenters. The third-order valence-electron chi connectivity index (χ3n) is 6.77. The number of carbonyl (C=O) groups excluding carboxylic acids is 1. The van der Waals surface area contributed by atoms with Gasteiger partial charge in [-0.05, 0) is 55.2 Å². The minimum Gasteiger partial charge on any atom is -0.493 e. The van der Waals surface area contributed by atoms with Crippen molar-refractivity contribution in [3.63, 3.8) is 0 Å². The van der Waals surface area contributed by atoms with E-state index in [9.17, 15) is 9.59 Å². The zero-order valence-electron chi connectivity index (χ0n) is 22.5. The quantitative estimate of drug-likeness (QED) is 0.231. The van der Waals surface area contributed by atoms with E-state index >= 15 is 0 Å². The molecular formula is C29H35N5O4. The van der Waals surface area contributed by atoms with E-state index in [1.54, 1.807) is 31.0 Å². The van der Waals surface area contributed by atoms with Gasteiger partial charge >= 0.3 is 0 Å². The van der Waals surface area contributed by atoms with Crippen LogP contribution < -0.4 is 25.8 Å². The number of nitrogens with zero attached hydrogens (tertiary/aromatic N) is 3. The SMILES string of the molecule is CCCCCCNC(=O)c1cc2c(=O)n3cccc(C)c3nc2n(CCc2ccc(OC)c(OC)c2)c1=N. The van der Waals surface area contributed by atoms with Crippen molar-refractivity contribution in [2.75, 3.05) is 20.8 Å². The summed E-state index contributed by atoms with van der Waals surface area (Å²) in [5.74, 6) is 0.881. The third kappa shape index (κ3) is 5.41. The molecule has 3 aromatic heterocycles. The van der Waals surface area contributed by atoms with Crippen LogP contribution in [0.5, 0.6) is 11.5 Å². The maximum Gasteiger partial charge on any atom is 0.267 e. The Morgan fingerprint density at radius 2 is 1.84 bits per heavy atom. The van der Waals surface area contributed by atoms with Gasteiger partial charge in [-0.3, -0.25) is 19.4 Å². The molecule has 9 nitrogen and oxygen atoms in total. The van der Waals surface area contributed by atoms with Crippen LogP contribution in [-0.4, -0.2) is 40.6 Å². The number of benzene rings is 1. The van der Waals surface area contributed by atoms with E-state index < -0.39 is 0 Å². The van der Waals surface area contributed by atoms with Gasteiger partial charge in [0.2, 0.25) is 0 Å². The summed E-state index contributed by atoms with van der Waals surface area (Å²) in [5, 5.41) is 12.2. The molecular weight excluding hydrogens is 482 g/mol. The van der Waals surface area contributed by atoms with Crippen molar-refractivity contribution in [1.29, 1.82) is 5.41 Å². The lowest BCUT2D eigenvalue weighted by Crippen LogP contribution is -2.35. The lowest BCUT2D eigenvalue weighted by Gasteiger charge is -2.16. The van der Waals surface area contributed by atoms with E-state index in [1.165, 1.54) is 10.5 Å². The Kier molecular flexibility index (Phi) is 8.45. The van der Waals surface area contributed by atoms with Crippen LogP contribution in [0.15, 0.2) is 47.4 Å². The van der Waals surface area contributed by atoms with Gasteiger partial charge in [-0.2, -0.15) is 0 Å². The van der Waals surface area contributed by atoms with Crippen LogP contribution in [0.2, 0.25) is 0 Å². The summed E-state index contributed by atoms with van der Waals surface area (Å²) in [4.78, 5) is 31.5. The Morgan fingerprint density at radius 3 is 2.58 bits per heavy atom. The maximum atomic E-state index is 13.5.